The summed E-state index contributed by atoms with van der Waals surface area (Å²) in [5, 5.41) is 9.96. The lowest BCUT2D eigenvalue weighted by atomic mass is 9.78. The van der Waals surface area contributed by atoms with Crippen LogP contribution in [0.25, 0.3) is 0 Å². The number of aliphatic hydroxyl groups is 1. The lowest BCUT2D eigenvalue weighted by Crippen LogP contribution is -2.41. The predicted octanol–water partition coefficient (Wildman–Crippen LogP) is 3.73. The molecule has 0 aromatic carbocycles. The molecule has 96 valence electrons. The van der Waals surface area contributed by atoms with Gasteiger partial charge in [-0.05, 0) is 39.0 Å². The van der Waals surface area contributed by atoms with Crippen LogP contribution in [0.3, 0.4) is 0 Å². The molecule has 1 N–H and O–H groups in total. The van der Waals surface area contributed by atoms with Crippen LogP contribution in [0.4, 0.5) is 0 Å². The Morgan fingerprint density at radius 2 is 1.81 bits per heavy atom. The lowest BCUT2D eigenvalue weighted by Gasteiger charge is -2.39. The maximum Gasteiger partial charge on any atom is 0.157 e. The summed E-state index contributed by atoms with van der Waals surface area (Å²) in [6.07, 6.45) is 6.85. The van der Waals surface area contributed by atoms with Gasteiger partial charge in [0.2, 0.25) is 0 Å². The van der Waals surface area contributed by atoms with Gasteiger partial charge >= 0.3 is 0 Å². The molecule has 1 saturated carbocycles. The Bertz CT molecular complexity index is 195. The molecule has 1 aliphatic carbocycles. The zero-order chi connectivity index (χ0) is 12.2. The largest absolute Gasteiger partial charge is 0.368 e. The van der Waals surface area contributed by atoms with Crippen molar-refractivity contribution in [1.82, 2.24) is 0 Å². The van der Waals surface area contributed by atoms with Crippen LogP contribution in [0, 0.1) is 11.8 Å². The van der Waals surface area contributed by atoms with Crippen molar-refractivity contribution in [3.63, 3.8) is 0 Å². The molecule has 1 rings (SSSR count). The quantitative estimate of drug-likeness (QED) is 0.727. The van der Waals surface area contributed by atoms with Gasteiger partial charge in [-0.1, -0.05) is 33.1 Å². The summed E-state index contributed by atoms with van der Waals surface area (Å²) in [7, 11) is 0. The van der Waals surface area contributed by atoms with Gasteiger partial charge in [0.15, 0.2) is 6.29 Å². The minimum Gasteiger partial charge on any atom is -0.368 e. The van der Waals surface area contributed by atoms with Gasteiger partial charge in [0.1, 0.15) is 0 Å². The van der Waals surface area contributed by atoms with E-state index >= 15 is 0 Å². The number of hydrogen-bond donors (Lipinski definition) is 1. The topological polar surface area (TPSA) is 29.5 Å². The van der Waals surface area contributed by atoms with Gasteiger partial charge in [0, 0.05) is 5.92 Å². The first-order valence-electron chi connectivity index (χ1n) is 6.83. The van der Waals surface area contributed by atoms with Crippen LogP contribution in [-0.4, -0.2) is 17.0 Å². The van der Waals surface area contributed by atoms with E-state index in [1.807, 2.05) is 6.92 Å². The fourth-order valence-electron chi connectivity index (χ4n) is 2.52. The Morgan fingerprint density at radius 3 is 2.31 bits per heavy atom. The first-order chi connectivity index (χ1) is 7.47. The summed E-state index contributed by atoms with van der Waals surface area (Å²) in [5.74, 6) is 0.836. The van der Waals surface area contributed by atoms with Gasteiger partial charge in [-0.3, -0.25) is 0 Å². The number of ether oxygens (including phenoxy) is 1. The molecule has 0 aliphatic heterocycles. The summed E-state index contributed by atoms with van der Waals surface area (Å²) in [6.45, 7) is 8.40. The van der Waals surface area contributed by atoms with Crippen molar-refractivity contribution in [3.05, 3.63) is 0 Å². The molecule has 2 atom stereocenters. The fraction of sp³-hybridized carbons (Fsp3) is 1.00. The number of hydrogen-bond acceptors (Lipinski definition) is 2. The van der Waals surface area contributed by atoms with Gasteiger partial charge < -0.3 is 9.84 Å². The Morgan fingerprint density at radius 1 is 1.25 bits per heavy atom. The van der Waals surface area contributed by atoms with E-state index < -0.39 is 6.29 Å². The van der Waals surface area contributed by atoms with Crippen molar-refractivity contribution in [3.8, 4) is 0 Å². The molecule has 16 heavy (non-hydrogen) atoms. The third-order valence-electron chi connectivity index (χ3n) is 4.14. The average molecular weight is 228 g/mol. The molecule has 2 unspecified atom stereocenters. The zero-order valence-corrected chi connectivity index (χ0v) is 11.3. The molecular formula is C14H28O2. The number of rotatable bonds is 5. The summed E-state index contributed by atoms with van der Waals surface area (Å²) in [5.41, 5.74) is -0.177. The van der Waals surface area contributed by atoms with Crippen LogP contribution in [0.2, 0.25) is 0 Å². The van der Waals surface area contributed by atoms with Crippen LogP contribution < -0.4 is 0 Å². The van der Waals surface area contributed by atoms with Gasteiger partial charge in [-0.15, -0.1) is 0 Å². The number of aliphatic hydroxyl groups excluding tert-OH is 1. The zero-order valence-electron chi connectivity index (χ0n) is 11.3. The lowest BCUT2D eigenvalue weighted by molar-refractivity contribution is -0.215. The van der Waals surface area contributed by atoms with Gasteiger partial charge in [-0.2, -0.15) is 0 Å². The highest BCUT2D eigenvalue weighted by Crippen LogP contribution is 2.35. The van der Waals surface area contributed by atoms with E-state index in [4.69, 9.17) is 4.74 Å². The van der Waals surface area contributed by atoms with Crippen LogP contribution in [-0.2, 0) is 4.74 Å². The van der Waals surface area contributed by atoms with Crippen LogP contribution in [0.1, 0.15) is 66.2 Å². The van der Waals surface area contributed by atoms with E-state index in [0.717, 1.165) is 6.42 Å². The van der Waals surface area contributed by atoms with Crippen LogP contribution in [0.5, 0.6) is 0 Å². The van der Waals surface area contributed by atoms with E-state index in [0.29, 0.717) is 5.92 Å². The fourth-order valence-corrected chi connectivity index (χ4v) is 2.52. The van der Waals surface area contributed by atoms with E-state index in [9.17, 15) is 5.11 Å². The first kappa shape index (κ1) is 14.0. The molecule has 0 aromatic rings. The minimum atomic E-state index is -0.609. The molecule has 0 bridgehead atoms. The van der Waals surface area contributed by atoms with Gasteiger partial charge in [0.25, 0.3) is 0 Å². The molecule has 0 aromatic heterocycles. The molecule has 1 fully saturated rings. The maximum absolute atomic E-state index is 9.96. The van der Waals surface area contributed by atoms with Crippen molar-refractivity contribution in [2.75, 3.05) is 0 Å². The molecule has 0 radical (unpaired) electrons. The first-order valence-corrected chi connectivity index (χ1v) is 6.83. The van der Waals surface area contributed by atoms with E-state index in [1.165, 1.54) is 32.1 Å². The highest BCUT2D eigenvalue weighted by molar-refractivity contribution is 4.82. The van der Waals surface area contributed by atoms with Crippen molar-refractivity contribution in [2.24, 2.45) is 11.8 Å². The highest BCUT2D eigenvalue weighted by Gasteiger charge is 2.34. The smallest absolute Gasteiger partial charge is 0.157 e. The molecule has 0 saturated heterocycles. The second-order valence-electron chi connectivity index (χ2n) is 5.83. The molecule has 2 nitrogen and oxygen atoms in total. The van der Waals surface area contributed by atoms with Gasteiger partial charge in [-0.25, -0.2) is 0 Å². The molecule has 0 spiro atoms. The highest BCUT2D eigenvalue weighted by atomic mass is 16.6. The minimum absolute atomic E-state index is 0.177. The average Bonchev–Trinajstić information content (AvgIpc) is 2.28. The van der Waals surface area contributed by atoms with Crippen LogP contribution >= 0.6 is 0 Å². The Labute approximate surface area is 100 Å². The SMILES string of the molecule is CCC(C)C(O)OC(C)(C)C1CCCCC1. The Balaban J connectivity index is 2.48. The molecule has 0 amide bonds. The summed E-state index contributed by atoms with van der Waals surface area (Å²) >= 11 is 0. The monoisotopic (exact) mass is 228 g/mol. The van der Waals surface area contributed by atoms with Crippen molar-refractivity contribution >= 4 is 0 Å². The Kier molecular flexibility index (Phi) is 5.26. The second-order valence-corrected chi connectivity index (χ2v) is 5.83. The standard InChI is InChI=1S/C14H28O2/c1-5-11(2)13(15)16-14(3,4)12-9-7-6-8-10-12/h11-13,15H,5-10H2,1-4H3. The van der Waals surface area contributed by atoms with Crippen molar-refractivity contribution < 1.29 is 9.84 Å². The van der Waals surface area contributed by atoms with E-state index in [1.54, 1.807) is 0 Å². The molecule has 2 heteroatoms. The normalized spacial score (nSPS) is 23.1. The van der Waals surface area contributed by atoms with Crippen molar-refractivity contribution in [1.29, 1.82) is 0 Å². The van der Waals surface area contributed by atoms with Gasteiger partial charge in [0.05, 0.1) is 5.60 Å². The van der Waals surface area contributed by atoms with E-state index in [2.05, 4.69) is 20.8 Å². The molecule has 0 heterocycles. The summed E-state index contributed by atoms with van der Waals surface area (Å²) in [4.78, 5) is 0. The third-order valence-corrected chi connectivity index (χ3v) is 4.14. The van der Waals surface area contributed by atoms with E-state index in [-0.39, 0.29) is 11.5 Å². The molecular weight excluding hydrogens is 200 g/mol. The van der Waals surface area contributed by atoms with Crippen molar-refractivity contribution in [2.45, 2.75) is 78.1 Å². The predicted molar refractivity (Wildman–Crippen MR) is 67.2 cm³/mol. The van der Waals surface area contributed by atoms with Crippen LogP contribution in [0.15, 0.2) is 0 Å². The maximum atomic E-state index is 9.96. The summed E-state index contributed by atoms with van der Waals surface area (Å²) < 4.78 is 5.89. The second kappa shape index (κ2) is 6.02. The third kappa shape index (κ3) is 3.74. The summed E-state index contributed by atoms with van der Waals surface area (Å²) in [6, 6.07) is 0. The molecule has 1 aliphatic rings. The Hall–Kier alpha value is -0.0800.